The molecule has 0 saturated carbocycles. The molecule has 8 nitrogen and oxygen atoms in total. The fraction of sp³-hybridized carbons (Fsp3) is 1.00. The average Bonchev–Trinajstić information content (AvgIpc) is 1.97. The molecular formula is C6H16N2NaO6PS2. The number of sulfonamides is 2. The van der Waals surface area contributed by atoms with Crippen LogP contribution in [0.1, 0.15) is 0 Å². The Balaban J connectivity index is 0. The zero-order valence-corrected chi connectivity index (χ0v) is 15.5. The molecule has 0 aromatic rings. The van der Waals surface area contributed by atoms with E-state index in [-0.39, 0.29) is 29.6 Å². The van der Waals surface area contributed by atoms with Gasteiger partial charge in [-0.25, -0.2) is 16.8 Å². The van der Waals surface area contributed by atoms with Gasteiger partial charge in [-0.05, 0) is 0 Å². The molecular weight excluding hydrogens is 314 g/mol. The minimum atomic E-state index is -4.15. The maximum absolute atomic E-state index is 11.6. The van der Waals surface area contributed by atoms with Gasteiger partial charge < -0.3 is 9.46 Å². The van der Waals surface area contributed by atoms with Crippen LogP contribution in [-0.2, 0) is 24.6 Å². The van der Waals surface area contributed by atoms with Crippen molar-refractivity contribution >= 4 is 27.4 Å². The predicted molar refractivity (Wildman–Crippen MR) is 62.6 cm³/mol. The summed E-state index contributed by atoms with van der Waals surface area (Å²) in [5.41, 5.74) is 0. The van der Waals surface area contributed by atoms with Gasteiger partial charge in [-0.1, -0.05) is 0 Å². The molecule has 0 rings (SSSR count). The maximum atomic E-state index is 11.6. The summed E-state index contributed by atoms with van der Waals surface area (Å²) >= 11 is 0. The van der Waals surface area contributed by atoms with E-state index < -0.39 is 40.0 Å². The summed E-state index contributed by atoms with van der Waals surface area (Å²) in [5.74, 6) is 0. The summed E-state index contributed by atoms with van der Waals surface area (Å²) in [4.78, 5) is 11.6. The summed E-state index contributed by atoms with van der Waals surface area (Å²) in [7, 11) is -9.16. The Morgan fingerprint density at radius 1 is 0.944 bits per heavy atom. The number of nitrogens with zero attached hydrogens (tertiary/aromatic N) is 2. The molecule has 0 unspecified atom stereocenters. The van der Waals surface area contributed by atoms with E-state index in [0.717, 1.165) is 26.6 Å². The van der Waals surface area contributed by atoms with Gasteiger partial charge in [-0.15, -0.1) is 0 Å². The second-order valence-corrected chi connectivity index (χ2v) is 10.2. The van der Waals surface area contributed by atoms with Crippen LogP contribution in [0.5, 0.6) is 0 Å². The van der Waals surface area contributed by atoms with Crippen molar-refractivity contribution in [3.8, 4) is 0 Å². The minimum Gasteiger partial charge on any atom is -0.798 e. The molecule has 0 aromatic carbocycles. The number of rotatable bonds is 6. The van der Waals surface area contributed by atoms with E-state index in [1.165, 1.54) is 0 Å². The number of hydrogen-bond acceptors (Lipinski definition) is 6. The third-order valence-electron chi connectivity index (χ3n) is 1.96. The van der Waals surface area contributed by atoms with Crippen molar-refractivity contribution < 1.29 is 55.9 Å². The van der Waals surface area contributed by atoms with E-state index >= 15 is 0 Å². The molecule has 0 fully saturated rings. The Labute approximate surface area is 130 Å². The summed E-state index contributed by atoms with van der Waals surface area (Å²) in [6.45, 7) is 0. The van der Waals surface area contributed by atoms with Crippen LogP contribution in [0, 0.1) is 0 Å². The molecule has 0 N–H and O–H groups in total. The second kappa shape index (κ2) is 7.14. The summed E-state index contributed by atoms with van der Waals surface area (Å²) in [6.07, 6.45) is 0.276. The Morgan fingerprint density at radius 2 is 1.17 bits per heavy atom. The van der Waals surface area contributed by atoms with Gasteiger partial charge in [0.1, 0.15) is 0 Å². The van der Waals surface area contributed by atoms with Crippen molar-refractivity contribution in [2.75, 3.05) is 39.2 Å². The predicted octanol–water partition coefficient (Wildman–Crippen LogP) is -4.67. The van der Waals surface area contributed by atoms with Crippen molar-refractivity contribution in [1.29, 1.82) is 0 Å². The van der Waals surface area contributed by atoms with E-state index in [4.69, 9.17) is 0 Å². The first kappa shape index (κ1) is 21.3. The smallest absolute Gasteiger partial charge is 0.798 e. The van der Waals surface area contributed by atoms with E-state index in [9.17, 15) is 26.3 Å². The molecule has 0 saturated heterocycles. The molecule has 0 radical (unpaired) electrons. The van der Waals surface area contributed by atoms with Crippen LogP contribution in [0.2, 0.25) is 0 Å². The van der Waals surface area contributed by atoms with Gasteiger partial charge in [0, 0.05) is 21.5 Å². The van der Waals surface area contributed by atoms with Crippen molar-refractivity contribution in [3.05, 3.63) is 0 Å². The molecule has 0 spiro atoms. The molecule has 0 amide bonds. The Hall–Kier alpha value is 1.01. The van der Waals surface area contributed by atoms with E-state index in [2.05, 4.69) is 0 Å². The zero-order chi connectivity index (χ0) is 14.1. The van der Waals surface area contributed by atoms with Crippen molar-refractivity contribution in [3.63, 3.8) is 0 Å². The third-order valence-corrected chi connectivity index (χ3v) is 6.58. The summed E-state index contributed by atoms with van der Waals surface area (Å²) < 4.78 is 57.0. The topological polar surface area (TPSA) is 115 Å². The first-order valence-electron chi connectivity index (χ1n) is 4.37. The Kier molecular flexibility index (Phi) is 8.46. The van der Waals surface area contributed by atoms with Gasteiger partial charge in [0.2, 0.25) is 20.0 Å². The van der Waals surface area contributed by atoms with Crippen LogP contribution in [0.4, 0.5) is 0 Å². The van der Waals surface area contributed by atoms with Gasteiger partial charge in [-0.2, -0.15) is 8.61 Å². The zero-order valence-electron chi connectivity index (χ0n) is 11.0. The van der Waals surface area contributed by atoms with Crippen LogP contribution < -0.4 is 34.5 Å². The van der Waals surface area contributed by atoms with Gasteiger partial charge in [0.25, 0.3) is 0 Å². The first-order valence-corrected chi connectivity index (χ1v) is 10.1. The molecule has 0 aliphatic carbocycles. The van der Waals surface area contributed by atoms with E-state index in [0.29, 0.717) is 8.61 Å². The van der Waals surface area contributed by atoms with E-state index in [1.54, 1.807) is 0 Å². The van der Waals surface area contributed by atoms with Gasteiger partial charge >= 0.3 is 29.6 Å². The minimum absolute atomic E-state index is 0. The fourth-order valence-corrected chi connectivity index (χ4v) is 4.90. The SMILES string of the molecule is CN(CP(=O)([O-])CN(C)S(C)(=O)=O)S(C)(=O)=O.[Na+]. The number of hydrogen-bond donors (Lipinski definition) is 0. The van der Waals surface area contributed by atoms with Crippen molar-refractivity contribution in [1.82, 2.24) is 8.61 Å². The van der Waals surface area contributed by atoms with Gasteiger partial charge in [0.05, 0.1) is 25.1 Å². The first-order chi connectivity index (χ1) is 7.26. The van der Waals surface area contributed by atoms with Gasteiger partial charge in [0.15, 0.2) is 0 Å². The van der Waals surface area contributed by atoms with E-state index in [1.807, 2.05) is 0 Å². The summed E-state index contributed by atoms with van der Waals surface area (Å²) in [6, 6.07) is 0. The van der Waals surface area contributed by atoms with Crippen LogP contribution in [0.25, 0.3) is 0 Å². The molecule has 0 aliphatic rings. The van der Waals surface area contributed by atoms with Crippen LogP contribution in [-0.4, -0.2) is 64.6 Å². The molecule has 18 heavy (non-hydrogen) atoms. The molecule has 0 bridgehead atoms. The van der Waals surface area contributed by atoms with Crippen LogP contribution in [0.15, 0.2) is 0 Å². The van der Waals surface area contributed by atoms with Crippen molar-refractivity contribution in [2.45, 2.75) is 0 Å². The third kappa shape index (κ3) is 8.23. The normalized spacial score (nSPS) is 13.7. The maximum Gasteiger partial charge on any atom is 1.00 e. The second-order valence-electron chi connectivity index (χ2n) is 3.82. The fourth-order valence-electron chi connectivity index (χ4n) is 0.861. The van der Waals surface area contributed by atoms with Crippen LogP contribution in [0.3, 0.4) is 0 Å². The molecule has 0 heterocycles. The standard InChI is InChI=1S/C6H17N2O6PS2.Na/c1-7(16(3,11)12)5-15(9,10)6-8(2)17(4,13)14;/h5-6H2,1-4H3,(H,9,10);/q;+1/p-1. The molecule has 104 valence electrons. The molecule has 0 aliphatic heterocycles. The quantitative estimate of drug-likeness (QED) is 0.357. The van der Waals surface area contributed by atoms with Gasteiger partial charge in [-0.3, -0.25) is 0 Å². The molecule has 0 atom stereocenters. The molecule has 12 heteroatoms. The summed E-state index contributed by atoms with van der Waals surface area (Å²) in [5, 5.41) is 0. The largest absolute Gasteiger partial charge is 1.00 e. The van der Waals surface area contributed by atoms with Crippen LogP contribution >= 0.6 is 7.37 Å². The Bertz CT molecular complexity index is 474. The Morgan fingerprint density at radius 3 is 1.33 bits per heavy atom. The monoisotopic (exact) mass is 330 g/mol. The van der Waals surface area contributed by atoms with Crippen molar-refractivity contribution in [2.24, 2.45) is 0 Å². The molecule has 0 aromatic heterocycles. The average molecular weight is 330 g/mol.